The van der Waals surface area contributed by atoms with E-state index in [1.807, 2.05) is 12.1 Å². The van der Waals surface area contributed by atoms with Crippen molar-refractivity contribution in [3.8, 4) is 5.75 Å². The highest BCUT2D eigenvalue weighted by molar-refractivity contribution is 5.96. The monoisotopic (exact) mass is 248 g/mol. The fourth-order valence-electron chi connectivity index (χ4n) is 1.89. The highest BCUT2D eigenvalue weighted by Gasteiger charge is 2.24. The maximum Gasteiger partial charge on any atom is 0.167 e. The third kappa shape index (κ3) is 2.89. The van der Waals surface area contributed by atoms with Crippen molar-refractivity contribution >= 4 is 5.78 Å². The molecule has 0 spiro atoms. The van der Waals surface area contributed by atoms with Gasteiger partial charge >= 0.3 is 0 Å². The van der Waals surface area contributed by atoms with E-state index in [1.54, 1.807) is 12.1 Å². The van der Waals surface area contributed by atoms with E-state index < -0.39 is 0 Å². The Balaban J connectivity index is 1.58. The van der Waals surface area contributed by atoms with Gasteiger partial charge in [0.25, 0.3) is 0 Å². The standard InChI is InChI=1S/C14H16O4/c15-13(9-14-16-7-8-17-14)10-1-3-11(4-2-10)18-12-5-6-12/h1-4,12,14H,5-9H2. The van der Waals surface area contributed by atoms with Crippen LogP contribution < -0.4 is 4.74 Å². The van der Waals surface area contributed by atoms with E-state index >= 15 is 0 Å². The second-order valence-corrected chi connectivity index (χ2v) is 4.64. The Labute approximate surface area is 106 Å². The maximum atomic E-state index is 11.9. The average molecular weight is 248 g/mol. The molecule has 1 aromatic rings. The van der Waals surface area contributed by atoms with Gasteiger partial charge in [-0.15, -0.1) is 0 Å². The number of ether oxygens (including phenoxy) is 3. The number of ketones is 1. The Morgan fingerprint density at radius 1 is 1.17 bits per heavy atom. The van der Waals surface area contributed by atoms with Gasteiger partial charge in [-0.05, 0) is 37.1 Å². The molecular formula is C14H16O4. The lowest BCUT2D eigenvalue weighted by Gasteiger charge is -2.08. The predicted molar refractivity (Wildman–Crippen MR) is 64.7 cm³/mol. The van der Waals surface area contributed by atoms with Crippen LogP contribution in [0.1, 0.15) is 29.6 Å². The smallest absolute Gasteiger partial charge is 0.167 e. The van der Waals surface area contributed by atoms with Crippen LogP contribution in [0.2, 0.25) is 0 Å². The highest BCUT2D eigenvalue weighted by Crippen LogP contribution is 2.27. The van der Waals surface area contributed by atoms with E-state index in [0.717, 1.165) is 18.6 Å². The van der Waals surface area contributed by atoms with Crippen molar-refractivity contribution in [3.05, 3.63) is 29.8 Å². The summed E-state index contributed by atoms with van der Waals surface area (Å²) in [4.78, 5) is 11.9. The molecule has 0 N–H and O–H groups in total. The average Bonchev–Trinajstić information content (AvgIpc) is 3.04. The van der Waals surface area contributed by atoms with Gasteiger partial charge in [-0.25, -0.2) is 0 Å². The second-order valence-electron chi connectivity index (χ2n) is 4.64. The van der Waals surface area contributed by atoms with Crippen LogP contribution in [0, 0.1) is 0 Å². The zero-order valence-electron chi connectivity index (χ0n) is 10.1. The number of hydrogen-bond acceptors (Lipinski definition) is 4. The first-order chi connectivity index (χ1) is 8.81. The normalized spacial score (nSPS) is 20.0. The van der Waals surface area contributed by atoms with Crippen LogP contribution >= 0.6 is 0 Å². The fourth-order valence-corrected chi connectivity index (χ4v) is 1.89. The number of benzene rings is 1. The van der Waals surface area contributed by atoms with E-state index in [2.05, 4.69) is 0 Å². The van der Waals surface area contributed by atoms with Crippen LogP contribution in [0.3, 0.4) is 0 Å². The van der Waals surface area contributed by atoms with Crippen LogP contribution in [-0.2, 0) is 9.47 Å². The van der Waals surface area contributed by atoms with E-state index in [9.17, 15) is 4.79 Å². The zero-order valence-corrected chi connectivity index (χ0v) is 10.1. The summed E-state index contributed by atoms with van der Waals surface area (Å²) in [5.74, 6) is 0.877. The molecule has 0 unspecified atom stereocenters. The van der Waals surface area contributed by atoms with Gasteiger partial charge in [0.15, 0.2) is 12.1 Å². The van der Waals surface area contributed by atoms with Crippen molar-refractivity contribution in [2.75, 3.05) is 13.2 Å². The van der Waals surface area contributed by atoms with Gasteiger partial charge < -0.3 is 14.2 Å². The summed E-state index contributed by atoms with van der Waals surface area (Å²) >= 11 is 0. The minimum absolute atomic E-state index is 0.0415. The summed E-state index contributed by atoms with van der Waals surface area (Å²) in [6.07, 6.45) is 2.56. The largest absolute Gasteiger partial charge is 0.490 e. The number of carbonyl (C=O) groups is 1. The highest BCUT2D eigenvalue weighted by atomic mass is 16.7. The molecule has 4 nitrogen and oxygen atoms in total. The number of hydrogen-bond donors (Lipinski definition) is 0. The molecule has 0 bridgehead atoms. The van der Waals surface area contributed by atoms with Crippen molar-refractivity contribution in [1.82, 2.24) is 0 Å². The first-order valence-corrected chi connectivity index (χ1v) is 6.34. The molecule has 4 heteroatoms. The molecule has 1 aromatic carbocycles. The maximum absolute atomic E-state index is 11.9. The topological polar surface area (TPSA) is 44.8 Å². The number of carbonyl (C=O) groups excluding carboxylic acids is 1. The van der Waals surface area contributed by atoms with Crippen LogP contribution in [-0.4, -0.2) is 31.4 Å². The van der Waals surface area contributed by atoms with Gasteiger partial charge in [0.1, 0.15) is 5.75 Å². The Kier molecular flexibility index (Phi) is 3.30. The van der Waals surface area contributed by atoms with E-state index in [4.69, 9.17) is 14.2 Å². The van der Waals surface area contributed by atoms with Crippen LogP contribution in [0.5, 0.6) is 5.75 Å². The molecule has 0 aromatic heterocycles. The molecule has 3 rings (SSSR count). The van der Waals surface area contributed by atoms with Crippen LogP contribution in [0.25, 0.3) is 0 Å². The first-order valence-electron chi connectivity index (χ1n) is 6.34. The van der Waals surface area contributed by atoms with E-state index in [0.29, 0.717) is 24.9 Å². The predicted octanol–water partition coefficient (Wildman–Crippen LogP) is 2.17. The molecule has 2 fully saturated rings. The van der Waals surface area contributed by atoms with Gasteiger partial charge in [0, 0.05) is 5.56 Å². The van der Waals surface area contributed by atoms with E-state index in [1.165, 1.54) is 0 Å². The second kappa shape index (κ2) is 5.08. The molecule has 0 atom stereocenters. The molecule has 2 aliphatic rings. The molecule has 0 amide bonds. The molecule has 1 saturated carbocycles. The van der Waals surface area contributed by atoms with Gasteiger partial charge in [0.2, 0.25) is 0 Å². The molecule has 1 aliphatic carbocycles. The third-order valence-corrected chi connectivity index (χ3v) is 3.05. The summed E-state index contributed by atoms with van der Waals surface area (Å²) < 4.78 is 16.2. The van der Waals surface area contributed by atoms with Crippen molar-refractivity contribution in [2.45, 2.75) is 31.7 Å². The SMILES string of the molecule is O=C(CC1OCCO1)c1ccc(OC2CC2)cc1. The summed E-state index contributed by atoms with van der Waals surface area (Å²) in [6, 6.07) is 7.30. The third-order valence-electron chi connectivity index (χ3n) is 3.05. The van der Waals surface area contributed by atoms with Crippen LogP contribution in [0.4, 0.5) is 0 Å². The summed E-state index contributed by atoms with van der Waals surface area (Å²) in [5, 5.41) is 0. The van der Waals surface area contributed by atoms with Gasteiger partial charge in [-0.2, -0.15) is 0 Å². The Morgan fingerprint density at radius 2 is 1.83 bits per heavy atom. The first kappa shape index (κ1) is 11.7. The Hall–Kier alpha value is -1.39. The van der Waals surface area contributed by atoms with Crippen molar-refractivity contribution in [1.29, 1.82) is 0 Å². The molecule has 1 heterocycles. The van der Waals surface area contributed by atoms with E-state index in [-0.39, 0.29) is 18.5 Å². The lowest BCUT2D eigenvalue weighted by atomic mass is 10.1. The molecule has 1 saturated heterocycles. The minimum Gasteiger partial charge on any atom is -0.490 e. The van der Waals surface area contributed by atoms with Gasteiger partial charge in [0.05, 0.1) is 25.7 Å². The molecule has 1 aliphatic heterocycles. The number of rotatable bonds is 5. The van der Waals surface area contributed by atoms with Crippen molar-refractivity contribution < 1.29 is 19.0 Å². The summed E-state index contributed by atoms with van der Waals surface area (Å²) in [5.41, 5.74) is 0.678. The van der Waals surface area contributed by atoms with Gasteiger partial charge in [-0.3, -0.25) is 4.79 Å². The lowest BCUT2D eigenvalue weighted by molar-refractivity contribution is -0.0407. The molecule has 0 radical (unpaired) electrons. The fraction of sp³-hybridized carbons (Fsp3) is 0.500. The molecule has 18 heavy (non-hydrogen) atoms. The molecular weight excluding hydrogens is 232 g/mol. The quantitative estimate of drug-likeness (QED) is 0.749. The minimum atomic E-state index is -0.375. The number of Topliss-reactive ketones (excluding diaryl/α,β-unsaturated/α-hetero) is 1. The summed E-state index contributed by atoms with van der Waals surface area (Å²) in [7, 11) is 0. The Morgan fingerprint density at radius 3 is 2.44 bits per heavy atom. The van der Waals surface area contributed by atoms with Gasteiger partial charge in [-0.1, -0.05) is 0 Å². The van der Waals surface area contributed by atoms with Crippen LogP contribution in [0.15, 0.2) is 24.3 Å². The van der Waals surface area contributed by atoms with Crippen molar-refractivity contribution in [3.63, 3.8) is 0 Å². The Bertz CT molecular complexity index is 416. The summed E-state index contributed by atoms with van der Waals surface area (Å²) in [6.45, 7) is 1.15. The molecule has 96 valence electrons. The van der Waals surface area contributed by atoms with Crippen molar-refractivity contribution in [2.24, 2.45) is 0 Å². The zero-order chi connectivity index (χ0) is 12.4. The lowest BCUT2D eigenvalue weighted by Crippen LogP contribution is -2.14.